The van der Waals surface area contributed by atoms with Gasteiger partial charge in [-0.3, -0.25) is 15.0 Å². The Morgan fingerprint density at radius 1 is 1.25 bits per heavy atom. The molecular formula is C24H28N8. The van der Waals surface area contributed by atoms with Crippen molar-refractivity contribution in [3.63, 3.8) is 0 Å². The average molecular weight is 429 g/mol. The average Bonchev–Trinajstić information content (AvgIpc) is 3.17. The molecule has 3 aliphatic heterocycles. The molecule has 3 N–H and O–H groups in total. The highest BCUT2D eigenvalue weighted by Crippen LogP contribution is 2.58. The monoisotopic (exact) mass is 428 g/mol. The first-order valence-corrected chi connectivity index (χ1v) is 11.5. The van der Waals surface area contributed by atoms with E-state index in [1.54, 1.807) is 0 Å². The molecule has 3 aromatic rings. The Bertz CT molecular complexity index is 1210. The number of rotatable bonds is 6. The van der Waals surface area contributed by atoms with Gasteiger partial charge in [-0.1, -0.05) is 0 Å². The summed E-state index contributed by atoms with van der Waals surface area (Å²) in [5, 5.41) is 24.5. The van der Waals surface area contributed by atoms with Gasteiger partial charge in [0, 0.05) is 59.0 Å². The van der Waals surface area contributed by atoms with Crippen molar-refractivity contribution in [3.8, 4) is 6.07 Å². The maximum absolute atomic E-state index is 8.99. The molecule has 0 spiro atoms. The van der Waals surface area contributed by atoms with E-state index in [0.717, 1.165) is 58.9 Å². The standard InChI is InChI=1S/C24H28N8/c1-14-9-20(31-30-14)28-22-15(2)21-19(5-3-8-26-21)23(29-22)27-16-10-17-12-24(6-4-7-25)13-18(11-16)32(17)24/h3,5,8-9,16-18H,4,6,10-13H2,1-2H3,(H3,27,28,29,30,31)/t16?,17-,18+,24?. The molecule has 6 rings (SSSR count). The summed E-state index contributed by atoms with van der Waals surface area (Å²) in [6.45, 7) is 4.03. The van der Waals surface area contributed by atoms with E-state index >= 15 is 0 Å². The van der Waals surface area contributed by atoms with E-state index < -0.39 is 0 Å². The molecule has 3 aromatic heterocycles. The Morgan fingerprint density at radius 2 is 2.06 bits per heavy atom. The molecule has 0 amide bonds. The van der Waals surface area contributed by atoms with Crippen molar-refractivity contribution in [2.24, 2.45) is 0 Å². The van der Waals surface area contributed by atoms with Crippen LogP contribution in [-0.4, -0.2) is 48.7 Å². The molecule has 2 unspecified atom stereocenters. The van der Waals surface area contributed by atoms with Gasteiger partial charge in [0.2, 0.25) is 0 Å². The van der Waals surface area contributed by atoms with Crippen molar-refractivity contribution in [3.05, 3.63) is 35.7 Å². The number of pyridine rings is 2. The molecule has 0 bridgehead atoms. The van der Waals surface area contributed by atoms with Gasteiger partial charge in [0.05, 0.1) is 11.6 Å². The van der Waals surface area contributed by atoms with E-state index in [1.165, 1.54) is 12.8 Å². The number of aromatic amines is 1. The number of nitrogens with one attached hydrogen (secondary N) is 3. The second kappa shape index (κ2) is 7.17. The van der Waals surface area contributed by atoms with Crippen LogP contribution >= 0.6 is 0 Å². The predicted octanol–water partition coefficient (Wildman–Crippen LogP) is 4.18. The summed E-state index contributed by atoms with van der Waals surface area (Å²) in [4.78, 5) is 12.4. The van der Waals surface area contributed by atoms with Crippen molar-refractivity contribution in [1.29, 1.82) is 5.26 Å². The molecule has 0 aliphatic carbocycles. The zero-order valence-corrected chi connectivity index (χ0v) is 18.5. The Hall–Kier alpha value is -3.18. The third-order valence-corrected chi connectivity index (χ3v) is 7.67. The molecule has 4 atom stereocenters. The van der Waals surface area contributed by atoms with Crippen molar-refractivity contribution < 1.29 is 0 Å². The fourth-order valence-corrected chi connectivity index (χ4v) is 6.39. The van der Waals surface area contributed by atoms with Crippen molar-refractivity contribution in [2.45, 2.75) is 76.0 Å². The highest BCUT2D eigenvalue weighted by Gasteiger charge is 2.64. The highest BCUT2D eigenvalue weighted by atomic mass is 15.4. The first kappa shape index (κ1) is 19.5. The molecule has 3 saturated heterocycles. The zero-order valence-electron chi connectivity index (χ0n) is 18.5. The zero-order chi connectivity index (χ0) is 21.9. The van der Waals surface area contributed by atoms with Gasteiger partial charge >= 0.3 is 0 Å². The van der Waals surface area contributed by atoms with Gasteiger partial charge in [-0.05, 0) is 58.1 Å². The normalized spacial score (nSPS) is 28.3. The van der Waals surface area contributed by atoms with Gasteiger partial charge in [0.15, 0.2) is 5.82 Å². The SMILES string of the molecule is Cc1cc(Nc2nc(NC3C[C@@H]4CC5(CCC#N)C[C@H](C3)N45)c3cccnc3c2C)n[nH]1. The number of nitriles is 1. The smallest absolute Gasteiger partial charge is 0.153 e. The lowest BCUT2D eigenvalue weighted by molar-refractivity contribution is -0.222. The van der Waals surface area contributed by atoms with Crippen LogP contribution in [0, 0.1) is 25.2 Å². The quantitative estimate of drug-likeness (QED) is 0.541. The highest BCUT2D eigenvalue weighted by molar-refractivity contribution is 5.94. The van der Waals surface area contributed by atoms with Crippen molar-refractivity contribution in [2.75, 3.05) is 10.6 Å². The summed E-state index contributed by atoms with van der Waals surface area (Å²) in [5.41, 5.74) is 3.32. The molecular weight excluding hydrogens is 400 g/mol. The number of hydrogen-bond acceptors (Lipinski definition) is 7. The Kier molecular flexibility index (Phi) is 4.37. The van der Waals surface area contributed by atoms with Crippen LogP contribution in [0.1, 0.15) is 49.8 Å². The number of piperidine rings is 2. The second-order valence-corrected chi connectivity index (χ2v) is 9.71. The molecule has 3 aliphatic rings. The lowest BCUT2D eigenvalue weighted by Gasteiger charge is -2.74. The third-order valence-electron chi connectivity index (χ3n) is 7.67. The molecule has 0 radical (unpaired) electrons. The van der Waals surface area contributed by atoms with Gasteiger partial charge in [-0.15, -0.1) is 0 Å². The van der Waals surface area contributed by atoms with Gasteiger partial charge in [-0.25, -0.2) is 4.98 Å². The van der Waals surface area contributed by atoms with Crippen LogP contribution < -0.4 is 10.6 Å². The van der Waals surface area contributed by atoms with Crippen LogP contribution in [0.25, 0.3) is 10.9 Å². The molecule has 164 valence electrons. The number of H-pyrrole nitrogens is 1. The Balaban J connectivity index is 1.25. The minimum atomic E-state index is 0.341. The predicted molar refractivity (Wildman–Crippen MR) is 124 cm³/mol. The first-order chi connectivity index (χ1) is 15.6. The van der Waals surface area contributed by atoms with Crippen LogP contribution in [-0.2, 0) is 0 Å². The maximum Gasteiger partial charge on any atom is 0.153 e. The fourth-order valence-electron chi connectivity index (χ4n) is 6.39. The molecule has 3 fully saturated rings. The molecule has 32 heavy (non-hydrogen) atoms. The lowest BCUT2D eigenvalue weighted by Crippen LogP contribution is -2.81. The van der Waals surface area contributed by atoms with E-state index in [2.05, 4.69) is 49.8 Å². The summed E-state index contributed by atoms with van der Waals surface area (Å²) >= 11 is 0. The summed E-state index contributed by atoms with van der Waals surface area (Å²) < 4.78 is 0. The van der Waals surface area contributed by atoms with Crippen LogP contribution in [0.4, 0.5) is 17.5 Å². The van der Waals surface area contributed by atoms with Crippen LogP contribution in [0.5, 0.6) is 0 Å². The summed E-state index contributed by atoms with van der Waals surface area (Å²) in [6, 6.07) is 10.1. The number of fused-ring (bicyclic) bond motifs is 1. The van der Waals surface area contributed by atoms with Gasteiger partial charge < -0.3 is 10.6 Å². The molecule has 8 nitrogen and oxygen atoms in total. The lowest BCUT2D eigenvalue weighted by atomic mass is 9.57. The molecule has 8 heteroatoms. The number of aromatic nitrogens is 4. The van der Waals surface area contributed by atoms with Gasteiger partial charge in [0.1, 0.15) is 11.6 Å². The van der Waals surface area contributed by atoms with Crippen molar-refractivity contribution in [1.82, 2.24) is 25.1 Å². The first-order valence-electron chi connectivity index (χ1n) is 11.5. The van der Waals surface area contributed by atoms with E-state index in [0.29, 0.717) is 30.1 Å². The Morgan fingerprint density at radius 3 is 2.78 bits per heavy atom. The molecule has 6 heterocycles. The summed E-state index contributed by atoms with van der Waals surface area (Å²) in [6.07, 6.45) is 8.27. The molecule has 0 saturated carbocycles. The maximum atomic E-state index is 8.99. The summed E-state index contributed by atoms with van der Waals surface area (Å²) in [7, 11) is 0. The van der Waals surface area contributed by atoms with Crippen LogP contribution in [0.15, 0.2) is 24.4 Å². The number of anilines is 3. The van der Waals surface area contributed by atoms with E-state index in [1.807, 2.05) is 25.3 Å². The van der Waals surface area contributed by atoms with Crippen LogP contribution in [0.2, 0.25) is 0 Å². The Labute approximate surface area is 187 Å². The molecule has 0 aromatic carbocycles. The number of nitrogens with zero attached hydrogens (tertiary/aromatic N) is 5. The topological polar surface area (TPSA) is 106 Å². The largest absolute Gasteiger partial charge is 0.367 e. The van der Waals surface area contributed by atoms with E-state index in [9.17, 15) is 0 Å². The van der Waals surface area contributed by atoms with E-state index in [4.69, 9.17) is 10.2 Å². The summed E-state index contributed by atoms with van der Waals surface area (Å²) in [5.74, 6) is 2.43. The minimum absolute atomic E-state index is 0.341. The number of hydrogen-bond donors (Lipinski definition) is 3. The van der Waals surface area contributed by atoms with E-state index in [-0.39, 0.29) is 0 Å². The fraction of sp³-hybridized carbons (Fsp3) is 0.500. The number of aryl methyl sites for hydroxylation is 2. The minimum Gasteiger partial charge on any atom is -0.367 e. The van der Waals surface area contributed by atoms with Crippen LogP contribution in [0.3, 0.4) is 0 Å². The second-order valence-electron chi connectivity index (χ2n) is 9.71. The van der Waals surface area contributed by atoms with Gasteiger partial charge in [0.25, 0.3) is 0 Å². The van der Waals surface area contributed by atoms with Gasteiger partial charge in [-0.2, -0.15) is 10.4 Å². The van der Waals surface area contributed by atoms with Crippen molar-refractivity contribution >= 4 is 28.4 Å². The third kappa shape index (κ3) is 2.95.